The molecule has 0 spiro atoms. The van der Waals surface area contributed by atoms with Crippen LogP contribution in [0.15, 0.2) is 30.3 Å². The van der Waals surface area contributed by atoms with Gasteiger partial charge in [-0.1, -0.05) is 23.2 Å². The molecule has 2 aromatic rings. The Morgan fingerprint density at radius 2 is 1.43 bits per heavy atom. The zero-order valence-electron chi connectivity index (χ0n) is 15.6. The van der Waals surface area contributed by atoms with Crippen LogP contribution in [-0.2, 0) is 0 Å². The zero-order chi connectivity index (χ0) is 20.7. The van der Waals surface area contributed by atoms with Crippen molar-refractivity contribution in [2.75, 3.05) is 34.4 Å². The van der Waals surface area contributed by atoms with Crippen molar-refractivity contribution in [3.63, 3.8) is 0 Å². The lowest BCUT2D eigenvalue weighted by molar-refractivity contribution is 0.0927. The van der Waals surface area contributed by atoms with Crippen LogP contribution in [0.1, 0.15) is 20.7 Å². The standard InChI is InChI=1S/C19H20Cl2N2O5/c1-26-15-8-11(9-16(27-2)17(15)28-3)18(24)22-6-7-23-19(25)13-10-12(20)4-5-14(13)21/h4-5,8-10H,6-7H2,1-3H3,(H,22,24)(H,23,25). The summed E-state index contributed by atoms with van der Waals surface area (Å²) in [6.45, 7) is 0.414. The normalized spacial score (nSPS) is 10.2. The predicted octanol–water partition coefficient (Wildman–Crippen LogP) is 3.18. The van der Waals surface area contributed by atoms with Gasteiger partial charge in [-0.05, 0) is 30.3 Å². The lowest BCUT2D eigenvalue weighted by atomic mass is 10.1. The molecule has 0 aliphatic rings. The number of nitrogens with one attached hydrogen (secondary N) is 2. The second-order valence-electron chi connectivity index (χ2n) is 5.55. The average Bonchev–Trinajstić information content (AvgIpc) is 2.71. The molecule has 0 bridgehead atoms. The molecule has 2 aromatic carbocycles. The van der Waals surface area contributed by atoms with Crippen molar-refractivity contribution in [2.45, 2.75) is 0 Å². The highest BCUT2D eigenvalue weighted by Crippen LogP contribution is 2.38. The Kier molecular flexibility index (Phi) is 7.78. The predicted molar refractivity (Wildman–Crippen MR) is 107 cm³/mol. The lowest BCUT2D eigenvalue weighted by Gasteiger charge is -2.14. The van der Waals surface area contributed by atoms with Crippen LogP contribution in [0.4, 0.5) is 0 Å². The van der Waals surface area contributed by atoms with Crippen molar-refractivity contribution in [1.29, 1.82) is 0 Å². The maximum absolute atomic E-state index is 12.4. The first-order valence-electron chi connectivity index (χ1n) is 8.22. The van der Waals surface area contributed by atoms with E-state index in [4.69, 9.17) is 37.4 Å². The summed E-state index contributed by atoms with van der Waals surface area (Å²) in [6.07, 6.45) is 0. The van der Waals surface area contributed by atoms with Crippen LogP contribution < -0.4 is 24.8 Å². The molecule has 2 amide bonds. The van der Waals surface area contributed by atoms with Gasteiger partial charge >= 0.3 is 0 Å². The molecule has 0 radical (unpaired) electrons. The fourth-order valence-corrected chi connectivity index (χ4v) is 2.81. The van der Waals surface area contributed by atoms with Crippen molar-refractivity contribution in [2.24, 2.45) is 0 Å². The van der Waals surface area contributed by atoms with E-state index in [1.807, 2.05) is 0 Å². The third-order valence-electron chi connectivity index (χ3n) is 3.80. The molecule has 0 fully saturated rings. The van der Waals surface area contributed by atoms with E-state index in [1.165, 1.54) is 27.4 Å². The summed E-state index contributed by atoms with van der Waals surface area (Å²) in [5.41, 5.74) is 0.601. The van der Waals surface area contributed by atoms with Crippen LogP contribution in [0.5, 0.6) is 17.2 Å². The third kappa shape index (κ3) is 5.21. The second kappa shape index (κ2) is 10.1. The molecule has 150 valence electrons. The number of amides is 2. The van der Waals surface area contributed by atoms with E-state index in [0.717, 1.165) is 0 Å². The molecule has 0 atom stereocenters. The summed E-state index contributed by atoms with van der Waals surface area (Å²) in [5.74, 6) is 0.405. The van der Waals surface area contributed by atoms with E-state index in [1.54, 1.807) is 24.3 Å². The minimum Gasteiger partial charge on any atom is -0.493 e. The molecule has 0 aliphatic heterocycles. The van der Waals surface area contributed by atoms with E-state index in [9.17, 15) is 9.59 Å². The summed E-state index contributed by atoms with van der Waals surface area (Å²) in [6, 6.07) is 7.71. The van der Waals surface area contributed by atoms with Gasteiger partial charge in [0.25, 0.3) is 11.8 Å². The van der Waals surface area contributed by atoms with Crippen molar-refractivity contribution < 1.29 is 23.8 Å². The molecule has 7 nitrogen and oxygen atoms in total. The molecule has 0 aromatic heterocycles. The van der Waals surface area contributed by atoms with Crippen LogP contribution in [0.3, 0.4) is 0 Å². The average molecular weight is 427 g/mol. The van der Waals surface area contributed by atoms with Crippen LogP contribution >= 0.6 is 23.2 Å². The highest BCUT2D eigenvalue weighted by atomic mass is 35.5. The number of benzene rings is 2. The van der Waals surface area contributed by atoms with Crippen molar-refractivity contribution in [1.82, 2.24) is 10.6 Å². The Labute approximate surface area is 172 Å². The highest BCUT2D eigenvalue weighted by molar-refractivity contribution is 6.35. The van der Waals surface area contributed by atoms with Gasteiger partial charge in [0.1, 0.15) is 0 Å². The number of methoxy groups -OCH3 is 3. The molecule has 0 saturated carbocycles. The summed E-state index contributed by atoms with van der Waals surface area (Å²) < 4.78 is 15.7. The van der Waals surface area contributed by atoms with Gasteiger partial charge in [0.15, 0.2) is 11.5 Å². The van der Waals surface area contributed by atoms with Crippen LogP contribution in [0, 0.1) is 0 Å². The molecule has 28 heavy (non-hydrogen) atoms. The number of halogens is 2. The van der Waals surface area contributed by atoms with Gasteiger partial charge in [-0.3, -0.25) is 9.59 Å². The van der Waals surface area contributed by atoms with Crippen LogP contribution in [-0.4, -0.2) is 46.2 Å². The quantitative estimate of drug-likeness (QED) is 0.633. The molecule has 0 saturated heterocycles. The molecule has 2 rings (SSSR count). The number of rotatable bonds is 8. The SMILES string of the molecule is COc1cc(C(=O)NCCNC(=O)c2cc(Cl)ccc2Cl)cc(OC)c1OC. The summed E-state index contributed by atoms with van der Waals surface area (Å²) in [4.78, 5) is 24.5. The Balaban J connectivity index is 1.95. The Morgan fingerprint density at radius 1 is 0.857 bits per heavy atom. The van der Waals surface area contributed by atoms with E-state index < -0.39 is 0 Å². The van der Waals surface area contributed by atoms with Gasteiger partial charge in [0.05, 0.1) is 31.9 Å². The van der Waals surface area contributed by atoms with Gasteiger partial charge < -0.3 is 24.8 Å². The van der Waals surface area contributed by atoms with E-state index in [2.05, 4.69) is 10.6 Å². The van der Waals surface area contributed by atoms with E-state index >= 15 is 0 Å². The molecule has 2 N–H and O–H groups in total. The largest absolute Gasteiger partial charge is 0.493 e. The maximum atomic E-state index is 12.4. The molecular weight excluding hydrogens is 407 g/mol. The van der Waals surface area contributed by atoms with Gasteiger partial charge in [0.2, 0.25) is 5.75 Å². The molecule has 0 aliphatic carbocycles. The van der Waals surface area contributed by atoms with Gasteiger partial charge in [-0.2, -0.15) is 0 Å². The van der Waals surface area contributed by atoms with Crippen LogP contribution in [0.25, 0.3) is 0 Å². The van der Waals surface area contributed by atoms with E-state index in [0.29, 0.717) is 32.9 Å². The maximum Gasteiger partial charge on any atom is 0.252 e. The number of hydrogen-bond acceptors (Lipinski definition) is 5. The zero-order valence-corrected chi connectivity index (χ0v) is 17.1. The first kappa shape index (κ1) is 21.7. The second-order valence-corrected chi connectivity index (χ2v) is 6.39. The molecule has 0 heterocycles. The Bertz CT molecular complexity index is 848. The van der Waals surface area contributed by atoms with Crippen molar-refractivity contribution in [3.8, 4) is 17.2 Å². The molecular formula is C19H20Cl2N2O5. The minimum atomic E-state index is -0.380. The molecule has 0 unspecified atom stereocenters. The third-order valence-corrected chi connectivity index (χ3v) is 4.36. The fourth-order valence-electron chi connectivity index (χ4n) is 2.43. The summed E-state index contributed by atoms with van der Waals surface area (Å²) >= 11 is 11.9. The Morgan fingerprint density at radius 3 is 1.96 bits per heavy atom. The van der Waals surface area contributed by atoms with E-state index in [-0.39, 0.29) is 30.5 Å². The van der Waals surface area contributed by atoms with Gasteiger partial charge in [-0.15, -0.1) is 0 Å². The molecule has 9 heteroatoms. The smallest absolute Gasteiger partial charge is 0.252 e. The van der Waals surface area contributed by atoms with Crippen molar-refractivity contribution >= 4 is 35.0 Å². The topological polar surface area (TPSA) is 85.9 Å². The lowest BCUT2D eigenvalue weighted by Crippen LogP contribution is -2.34. The van der Waals surface area contributed by atoms with Gasteiger partial charge in [-0.25, -0.2) is 0 Å². The van der Waals surface area contributed by atoms with Crippen LogP contribution in [0.2, 0.25) is 10.0 Å². The minimum absolute atomic E-state index is 0.206. The number of carbonyl (C=O) groups is 2. The summed E-state index contributed by atoms with van der Waals surface area (Å²) in [5, 5.41) is 6.08. The van der Waals surface area contributed by atoms with Crippen molar-refractivity contribution in [3.05, 3.63) is 51.5 Å². The number of ether oxygens (including phenoxy) is 3. The Hall–Kier alpha value is -2.64. The number of carbonyl (C=O) groups excluding carboxylic acids is 2. The fraction of sp³-hybridized carbons (Fsp3) is 0.263. The number of hydrogen-bond donors (Lipinski definition) is 2. The first-order valence-corrected chi connectivity index (χ1v) is 8.98. The van der Waals surface area contributed by atoms with Gasteiger partial charge in [0, 0.05) is 23.7 Å². The first-order chi connectivity index (χ1) is 13.4. The monoisotopic (exact) mass is 426 g/mol. The summed E-state index contributed by atoms with van der Waals surface area (Å²) in [7, 11) is 4.42. The highest BCUT2D eigenvalue weighted by Gasteiger charge is 2.17.